The third-order valence-electron chi connectivity index (χ3n) is 6.80. The molecule has 6 nitrogen and oxygen atoms in total. The van der Waals surface area contributed by atoms with Crippen LogP contribution >= 0.6 is 0 Å². The van der Waals surface area contributed by atoms with Crippen molar-refractivity contribution in [1.82, 2.24) is 9.88 Å². The van der Waals surface area contributed by atoms with Crippen molar-refractivity contribution in [2.75, 3.05) is 13.7 Å². The minimum atomic E-state index is -0.644. The van der Waals surface area contributed by atoms with Crippen LogP contribution in [0.25, 0.3) is 10.9 Å². The summed E-state index contributed by atoms with van der Waals surface area (Å²) in [7, 11) is 1.63. The Labute approximate surface area is 209 Å². The number of hydrogen-bond acceptors (Lipinski definition) is 4. The molecule has 6 heteroatoms. The van der Waals surface area contributed by atoms with E-state index < -0.39 is 17.7 Å². The number of ketones is 1. The van der Waals surface area contributed by atoms with E-state index in [1.54, 1.807) is 12.0 Å². The highest BCUT2D eigenvalue weighted by atomic mass is 16.5. The van der Waals surface area contributed by atoms with E-state index in [1.807, 2.05) is 85.9 Å². The Hall–Kier alpha value is -4.32. The van der Waals surface area contributed by atoms with Crippen LogP contribution < -0.4 is 4.74 Å². The molecule has 0 saturated carbocycles. The monoisotopic (exact) mass is 480 g/mol. The van der Waals surface area contributed by atoms with Gasteiger partial charge in [-0.15, -0.1) is 0 Å². The molecule has 0 fully saturated rings. The smallest absolute Gasteiger partial charge is 0.290 e. The SMILES string of the molecule is COc1ccc2[nH]cc(CCN3C(=O)C(O)=C(C(=O)Cc4ccccc4)[C@H]3c3ccc(C)cc3)c2c1. The Morgan fingerprint density at radius 3 is 2.53 bits per heavy atom. The molecule has 1 amide bonds. The number of Topliss-reactive ketones (excluding diaryl/α,β-unsaturated/α-hetero) is 1. The number of rotatable bonds is 8. The first-order chi connectivity index (χ1) is 17.5. The maximum atomic E-state index is 13.4. The van der Waals surface area contributed by atoms with Crippen molar-refractivity contribution in [3.63, 3.8) is 0 Å². The van der Waals surface area contributed by atoms with Gasteiger partial charge in [-0.25, -0.2) is 0 Å². The molecular weight excluding hydrogens is 452 g/mol. The molecular formula is C30H28N2O4. The Bertz CT molecular complexity index is 1450. The first-order valence-electron chi connectivity index (χ1n) is 12.0. The summed E-state index contributed by atoms with van der Waals surface area (Å²) in [6, 6.07) is 22.3. The maximum absolute atomic E-state index is 13.4. The van der Waals surface area contributed by atoms with E-state index in [0.29, 0.717) is 13.0 Å². The molecule has 0 bridgehead atoms. The number of aliphatic hydroxyl groups excluding tert-OH is 1. The van der Waals surface area contributed by atoms with Gasteiger partial charge >= 0.3 is 0 Å². The molecule has 1 atom stereocenters. The van der Waals surface area contributed by atoms with Crippen LogP contribution in [-0.2, 0) is 22.4 Å². The quantitative estimate of drug-likeness (QED) is 0.362. The normalized spacial score (nSPS) is 15.7. The summed E-state index contributed by atoms with van der Waals surface area (Å²) in [5.74, 6) is -0.472. The summed E-state index contributed by atoms with van der Waals surface area (Å²) < 4.78 is 5.37. The second-order valence-electron chi connectivity index (χ2n) is 9.14. The standard InChI is InChI=1S/C30H28N2O4/c1-19-8-10-21(11-9-19)28-27(26(33)16-20-6-4-3-5-7-20)29(34)30(35)32(28)15-14-22-18-31-25-13-12-23(36-2)17-24(22)25/h3-13,17-18,28,31,34H,14-16H2,1-2H3/t28-/m1/s1. The molecule has 182 valence electrons. The molecule has 5 rings (SSSR count). The van der Waals surface area contributed by atoms with E-state index in [0.717, 1.165) is 38.9 Å². The van der Waals surface area contributed by atoms with Crippen molar-refractivity contribution in [1.29, 1.82) is 0 Å². The number of carbonyl (C=O) groups excluding carboxylic acids is 2. The number of fused-ring (bicyclic) bond motifs is 1. The van der Waals surface area contributed by atoms with Gasteiger partial charge in [-0.2, -0.15) is 0 Å². The number of aromatic nitrogens is 1. The van der Waals surface area contributed by atoms with Crippen LogP contribution in [0.5, 0.6) is 5.75 Å². The highest BCUT2D eigenvalue weighted by Gasteiger charge is 2.43. The van der Waals surface area contributed by atoms with E-state index in [2.05, 4.69) is 4.98 Å². The Balaban J connectivity index is 1.47. The van der Waals surface area contributed by atoms with Crippen LogP contribution in [0.1, 0.15) is 28.3 Å². The molecule has 3 aromatic carbocycles. The van der Waals surface area contributed by atoms with Crippen LogP contribution in [0.15, 0.2) is 90.3 Å². The van der Waals surface area contributed by atoms with Gasteiger partial charge in [0.15, 0.2) is 11.5 Å². The molecule has 4 aromatic rings. The Morgan fingerprint density at radius 1 is 1.06 bits per heavy atom. The number of carbonyl (C=O) groups is 2. The number of aliphatic hydroxyl groups is 1. The molecule has 0 unspecified atom stereocenters. The number of H-pyrrole nitrogens is 1. The van der Waals surface area contributed by atoms with Gasteiger partial charge < -0.3 is 19.7 Å². The number of ether oxygens (including phenoxy) is 1. The van der Waals surface area contributed by atoms with Crippen LogP contribution in [0, 0.1) is 6.92 Å². The Kier molecular flexibility index (Phi) is 6.34. The van der Waals surface area contributed by atoms with Gasteiger partial charge in [-0.05, 0) is 48.2 Å². The highest BCUT2D eigenvalue weighted by Crippen LogP contribution is 2.38. The second-order valence-corrected chi connectivity index (χ2v) is 9.14. The fraction of sp³-hybridized carbons (Fsp3) is 0.200. The Morgan fingerprint density at radius 2 is 1.81 bits per heavy atom. The summed E-state index contributed by atoms with van der Waals surface area (Å²) in [4.78, 5) is 31.6. The highest BCUT2D eigenvalue weighted by molar-refractivity contribution is 6.09. The number of methoxy groups -OCH3 is 1. The molecule has 0 saturated heterocycles. The fourth-order valence-electron chi connectivity index (χ4n) is 4.87. The van der Waals surface area contributed by atoms with E-state index in [9.17, 15) is 14.7 Å². The summed E-state index contributed by atoms with van der Waals surface area (Å²) in [6.45, 7) is 2.33. The second kappa shape index (κ2) is 9.74. The van der Waals surface area contributed by atoms with Gasteiger partial charge in [0.05, 0.1) is 18.7 Å². The van der Waals surface area contributed by atoms with E-state index in [1.165, 1.54) is 0 Å². The molecule has 2 N–H and O–H groups in total. The lowest BCUT2D eigenvalue weighted by Gasteiger charge is -2.27. The topological polar surface area (TPSA) is 82.6 Å². The summed E-state index contributed by atoms with van der Waals surface area (Å²) in [6.07, 6.45) is 2.60. The van der Waals surface area contributed by atoms with Gasteiger partial charge in [0, 0.05) is 30.1 Å². The van der Waals surface area contributed by atoms with Crippen molar-refractivity contribution >= 4 is 22.6 Å². The average molecular weight is 481 g/mol. The van der Waals surface area contributed by atoms with E-state index in [-0.39, 0.29) is 17.8 Å². The number of benzene rings is 3. The van der Waals surface area contributed by atoms with E-state index in [4.69, 9.17) is 4.74 Å². The predicted octanol–water partition coefficient (Wildman–Crippen LogP) is 5.23. The number of nitrogens with one attached hydrogen (secondary N) is 1. The zero-order valence-corrected chi connectivity index (χ0v) is 20.3. The van der Waals surface area contributed by atoms with E-state index >= 15 is 0 Å². The molecule has 0 radical (unpaired) electrons. The molecule has 1 aromatic heterocycles. The number of nitrogens with zero attached hydrogens (tertiary/aromatic N) is 1. The largest absolute Gasteiger partial charge is 0.503 e. The van der Waals surface area contributed by atoms with Crippen molar-refractivity contribution in [2.45, 2.75) is 25.8 Å². The van der Waals surface area contributed by atoms with Crippen molar-refractivity contribution in [3.05, 3.63) is 113 Å². The molecule has 1 aliphatic heterocycles. The van der Waals surface area contributed by atoms with Crippen LogP contribution in [0.2, 0.25) is 0 Å². The summed E-state index contributed by atoms with van der Waals surface area (Å²) >= 11 is 0. The van der Waals surface area contributed by atoms with Gasteiger partial charge in [-0.3, -0.25) is 9.59 Å². The van der Waals surface area contributed by atoms with Crippen molar-refractivity contribution in [2.24, 2.45) is 0 Å². The van der Waals surface area contributed by atoms with Crippen molar-refractivity contribution < 1.29 is 19.4 Å². The third-order valence-corrected chi connectivity index (χ3v) is 6.80. The summed E-state index contributed by atoms with van der Waals surface area (Å²) in [5, 5.41) is 11.9. The molecule has 36 heavy (non-hydrogen) atoms. The molecule has 0 aliphatic carbocycles. The first-order valence-corrected chi connectivity index (χ1v) is 12.0. The zero-order chi connectivity index (χ0) is 25.2. The molecule has 2 heterocycles. The predicted molar refractivity (Wildman–Crippen MR) is 139 cm³/mol. The minimum Gasteiger partial charge on any atom is -0.503 e. The van der Waals surface area contributed by atoms with Crippen LogP contribution in [0.3, 0.4) is 0 Å². The molecule has 1 aliphatic rings. The number of amides is 1. The van der Waals surface area contributed by atoms with Gasteiger partial charge in [-0.1, -0.05) is 60.2 Å². The third kappa shape index (κ3) is 4.38. The lowest BCUT2D eigenvalue weighted by atomic mass is 9.92. The first kappa shape index (κ1) is 23.4. The molecule has 0 spiro atoms. The minimum absolute atomic E-state index is 0.117. The van der Waals surface area contributed by atoms with Gasteiger partial charge in [0.1, 0.15) is 5.75 Å². The zero-order valence-electron chi connectivity index (χ0n) is 20.3. The van der Waals surface area contributed by atoms with Crippen LogP contribution in [0.4, 0.5) is 0 Å². The van der Waals surface area contributed by atoms with Crippen LogP contribution in [-0.4, -0.2) is 40.3 Å². The number of aromatic amines is 1. The number of hydrogen-bond donors (Lipinski definition) is 2. The maximum Gasteiger partial charge on any atom is 0.290 e. The number of aryl methyl sites for hydroxylation is 1. The van der Waals surface area contributed by atoms with Gasteiger partial charge in [0.25, 0.3) is 5.91 Å². The fourth-order valence-corrected chi connectivity index (χ4v) is 4.87. The summed E-state index contributed by atoms with van der Waals surface area (Å²) in [5.41, 5.74) is 4.89. The lowest BCUT2D eigenvalue weighted by molar-refractivity contribution is -0.129. The van der Waals surface area contributed by atoms with Gasteiger partial charge in [0.2, 0.25) is 0 Å². The van der Waals surface area contributed by atoms with Crippen molar-refractivity contribution in [3.8, 4) is 5.75 Å². The lowest BCUT2D eigenvalue weighted by Crippen LogP contribution is -2.33. The average Bonchev–Trinajstić information content (AvgIpc) is 3.41.